The molecule has 3 aliphatic rings. The molecule has 1 heterocycles. The van der Waals surface area contributed by atoms with Crippen LogP contribution in [0.5, 0.6) is 0 Å². The summed E-state index contributed by atoms with van der Waals surface area (Å²) in [4.78, 5) is 2.72. The third kappa shape index (κ3) is 5.88. The van der Waals surface area contributed by atoms with Gasteiger partial charge < -0.3 is 15.0 Å². The number of rotatable bonds is 8. The Bertz CT molecular complexity index is 317. The van der Waals surface area contributed by atoms with Gasteiger partial charge in [0.15, 0.2) is 0 Å². The van der Waals surface area contributed by atoms with Gasteiger partial charge in [0.1, 0.15) is 0 Å². The monoisotopic (exact) mass is 294 g/mol. The molecule has 0 bridgehead atoms. The highest BCUT2D eigenvalue weighted by molar-refractivity contribution is 4.86. The maximum atomic E-state index is 6.29. The molecule has 2 saturated carbocycles. The number of hydrogen-bond donors (Lipinski definition) is 1. The van der Waals surface area contributed by atoms with Crippen LogP contribution in [0.3, 0.4) is 0 Å². The van der Waals surface area contributed by atoms with E-state index in [1.807, 2.05) is 0 Å². The first-order valence-electron chi connectivity index (χ1n) is 9.11. The van der Waals surface area contributed by atoms with Gasteiger partial charge in [-0.3, -0.25) is 0 Å². The number of nitrogens with one attached hydrogen (secondary N) is 1. The van der Waals surface area contributed by atoms with Crippen molar-refractivity contribution in [2.75, 3.05) is 26.2 Å². The van der Waals surface area contributed by atoms with Crippen LogP contribution in [0.15, 0.2) is 0 Å². The normalized spacial score (nSPS) is 30.3. The molecule has 1 saturated heterocycles. The van der Waals surface area contributed by atoms with E-state index in [-0.39, 0.29) is 5.54 Å². The van der Waals surface area contributed by atoms with Gasteiger partial charge in [-0.2, -0.15) is 0 Å². The molecule has 3 rings (SSSR count). The molecule has 122 valence electrons. The van der Waals surface area contributed by atoms with Gasteiger partial charge in [0.2, 0.25) is 0 Å². The van der Waals surface area contributed by atoms with E-state index >= 15 is 0 Å². The summed E-state index contributed by atoms with van der Waals surface area (Å²) in [5, 5.41) is 3.58. The summed E-state index contributed by atoms with van der Waals surface area (Å²) in [5.74, 6) is 2.01. The van der Waals surface area contributed by atoms with Gasteiger partial charge in [0.05, 0.1) is 12.2 Å². The first kappa shape index (κ1) is 15.8. The first-order valence-corrected chi connectivity index (χ1v) is 9.11. The molecule has 3 heteroatoms. The van der Waals surface area contributed by atoms with Crippen LogP contribution in [0, 0.1) is 11.8 Å². The summed E-state index contributed by atoms with van der Waals surface area (Å²) in [7, 11) is 0. The second-order valence-electron chi connectivity index (χ2n) is 8.69. The van der Waals surface area contributed by atoms with Crippen molar-refractivity contribution in [3.63, 3.8) is 0 Å². The van der Waals surface area contributed by atoms with E-state index in [0.29, 0.717) is 12.2 Å². The van der Waals surface area contributed by atoms with Gasteiger partial charge in [-0.25, -0.2) is 0 Å². The topological polar surface area (TPSA) is 24.5 Å². The highest BCUT2D eigenvalue weighted by Gasteiger charge is 2.33. The van der Waals surface area contributed by atoms with Crippen LogP contribution in [0.2, 0.25) is 0 Å². The molecule has 0 aromatic carbocycles. The fraction of sp³-hybridized carbons (Fsp3) is 1.00. The lowest BCUT2D eigenvalue weighted by Crippen LogP contribution is -2.41. The van der Waals surface area contributed by atoms with Crippen LogP contribution in [0.1, 0.15) is 59.3 Å². The average molecular weight is 294 g/mol. The van der Waals surface area contributed by atoms with E-state index in [4.69, 9.17) is 4.74 Å². The van der Waals surface area contributed by atoms with Gasteiger partial charge in [-0.05, 0) is 71.1 Å². The Morgan fingerprint density at radius 2 is 1.43 bits per heavy atom. The van der Waals surface area contributed by atoms with Crippen LogP contribution < -0.4 is 5.32 Å². The van der Waals surface area contributed by atoms with Gasteiger partial charge in [0.25, 0.3) is 0 Å². The summed E-state index contributed by atoms with van der Waals surface area (Å²) >= 11 is 0. The Kier molecular flexibility index (Phi) is 4.92. The quantitative estimate of drug-likeness (QED) is 0.744. The van der Waals surface area contributed by atoms with Crippen LogP contribution in [0.25, 0.3) is 0 Å². The van der Waals surface area contributed by atoms with E-state index in [0.717, 1.165) is 18.4 Å². The molecule has 3 fully saturated rings. The Morgan fingerprint density at radius 3 is 1.95 bits per heavy atom. The van der Waals surface area contributed by atoms with Crippen LogP contribution in [-0.4, -0.2) is 48.8 Å². The molecule has 0 amide bonds. The SMILES string of the molecule is CC(C)(C)NCC1CCC(CN(CC2CC2)CC2CC2)O1. The van der Waals surface area contributed by atoms with Gasteiger partial charge >= 0.3 is 0 Å². The fourth-order valence-corrected chi connectivity index (χ4v) is 3.33. The van der Waals surface area contributed by atoms with Crippen molar-refractivity contribution >= 4 is 0 Å². The minimum Gasteiger partial charge on any atom is -0.372 e. The van der Waals surface area contributed by atoms with Gasteiger partial charge in [0, 0.05) is 31.7 Å². The summed E-state index contributed by atoms with van der Waals surface area (Å²) in [6.45, 7) is 11.5. The molecule has 0 aromatic heterocycles. The lowest BCUT2D eigenvalue weighted by molar-refractivity contribution is 0.0192. The molecule has 0 radical (unpaired) electrons. The first-order chi connectivity index (χ1) is 9.98. The van der Waals surface area contributed by atoms with Crippen LogP contribution in [0.4, 0.5) is 0 Å². The minimum atomic E-state index is 0.200. The van der Waals surface area contributed by atoms with Gasteiger partial charge in [-0.1, -0.05) is 0 Å². The number of ether oxygens (including phenoxy) is 1. The van der Waals surface area contributed by atoms with Crippen molar-refractivity contribution in [2.45, 2.75) is 77.0 Å². The predicted molar refractivity (Wildman–Crippen MR) is 87.5 cm³/mol. The lowest BCUT2D eigenvalue weighted by atomic mass is 10.1. The molecule has 2 atom stereocenters. The average Bonchev–Trinajstić information content (AvgIpc) is 3.30. The highest BCUT2D eigenvalue weighted by Crippen LogP contribution is 2.34. The summed E-state index contributed by atoms with van der Waals surface area (Å²) in [6.07, 6.45) is 9.24. The third-order valence-electron chi connectivity index (χ3n) is 4.94. The molecule has 0 spiro atoms. The van der Waals surface area contributed by atoms with E-state index < -0.39 is 0 Å². The molecule has 1 N–H and O–H groups in total. The van der Waals surface area contributed by atoms with Crippen molar-refractivity contribution in [3.8, 4) is 0 Å². The zero-order valence-corrected chi connectivity index (χ0v) is 14.2. The smallest absolute Gasteiger partial charge is 0.0707 e. The summed E-state index contributed by atoms with van der Waals surface area (Å²) < 4.78 is 6.29. The largest absolute Gasteiger partial charge is 0.372 e. The Morgan fingerprint density at radius 1 is 0.857 bits per heavy atom. The van der Waals surface area contributed by atoms with Gasteiger partial charge in [-0.15, -0.1) is 0 Å². The molecule has 3 nitrogen and oxygen atoms in total. The molecular formula is C18H34N2O. The second kappa shape index (κ2) is 6.55. The highest BCUT2D eigenvalue weighted by atomic mass is 16.5. The zero-order valence-electron chi connectivity index (χ0n) is 14.2. The van der Waals surface area contributed by atoms with Crippen molar-refractivity contribution in [1.82, 2.24) is 10.2 Å². The fourth-order valence-electron chi connectivity index (χ4n) is 3.33. The standard InChI is InChI=1S/C18H34N2O/c1-18(2,3)19-10-16-8-9-17(21-16)13-20(11-14-4-5-14)12-15-6-7-15/h14-17,19H,4-13H2,1-3H3. The second-order valence-corrected chi connectivity index (χ2v) is 8.69. The molecule has 21 heavy (non-hydrogen) atoms. The molecular weight excluding hydrogens is 260 g/mol. The zero-order chi connectivity index (χ0) is 14.9. The maximum Gasteiger partial charge on any atom is 0.0707 e. The summed E-state index contributed by atoms with van der Waals surface area (Å²) in [5.41, 5.74) is 0.200. The predicted octanol–water partition coefficient (Wildman–Crippen LogP) is 3.04. The lowest BCUT2D eigenvalue weighted by Gasteiger charge is -2.26. The van der Waals surface area contributed by atoms with Crippen molar-refractivity contribution < 1.29 is 4.74 Å². The van der Waals surface area contributed by atoms with E-state index in [1.54, 1.807) is 0 Å². The number of hydrogen-bond acceptors (Lipinski definition) is 3. The Hall–Kier alpha value is -0.120. The molecule has 2 aliphatic carbocycles. The Balaban J connectivity index is 1.39. The molecule has 1 aliphatic heterocycles. The summed E-state index contributed by atoms with van der Waals surface area (Å²) in [6, 6.07) is 0. The Labute approximate surface area is 130 Å². The van der Waals surface area contributed by atoms with Crippen LogP contribution >= 0.6 is 0 Å². The third-order valence-corrected chi connectivity index (χ3v) is 4.94. The maximum absolute atomic E-state index is 6.29. The van der Waals surface area contributed by atoms with Crippen LogP contribution in [-0.2, 0) is 4.74 Å². The minimum absolute atomic E-state index is 0.200. The number of nitrogens with zero attached hydrogens (tertiary/aromatic N) is 1. The molecule has 2 unspecified atom stereocenters. The van der Waals surface area contributed by atoms with Crippen molar-refractivity contribution in [1.29, 1.82) is 0 Å². The van der Waals surface area contributed by atoms with Crippen molar-refractivity contribution in [3.05, 3.63) is 0 Å². The van der Waals surface area contributed by atoms with Crippen molar-refractivity contribution in [2.24, 2.45) is 11.8 Å². The molecule has 0 aromatic rings. The van der Waals surface area contributed by atoms with E-state index in [2.05, 4.69) is 31.0 Å². The van der Waals surface area contributed by atoms with E-state index in [1.165, 1.54) is 58.2 Å². The van der Waals surface area contributed by atoms with E-state index in [9.17, 15) is 0 Å².